The number of rotatable bonds is 3. The fourth-order valence-electron chi connectivity index (χ4n) is 2.02. The molecule has 0 amide bonds. The van der Waals surface area contributed by atoms with Crippen LogP contribution in [0.4, 0.5) is 0 Å². The second kappa shape index (κ2) is 4.80. The highest BCUT2D eigenvalue weighted by Gasteiger charge is 2.21. The summed E-state index contributed by atoms with van der Waals surface area (Å²) in [5.41, 5.74) is 0. The summed E-state index contributed by atoms with van der Waals surface area (Å²) < 4.78 is 0. The van der Waals surface area contributed by atoms with E-state index < -0.39 is 0 Å². The second-order valence-electron chi connectivity index (χ2n) is 3.51. The summed E-state index contributed by atoms with van der Waals surface area (Å²) in [6.07, 6.45) is 2.56. The van der Waals surface area contributed by atoms with Crippen LogP contribution in [-0.2, 0) is 0 Å². The van der Waals surface area contributed by atoms with Crippen LogP contribution in [0.1, 0.15) is 26.7 Å². The number of hydrogen-bond acceptors (Lipinski definition) is 3. The van der Waals surface area contributed by atoms with E-state index in [1.54, 1.807) is 0 Å². The molecule has 0 unspecified atom stereocenters. The van der Waals surface area contributed by atoms with Gasteiger partial charge in [0.2, 0.25) is 0 Å². The molecule has 12 heavy (non-hydrogen) atoms. The molecule has 1 aliphatic rings. The van der Waals surface area contributed by atoms with E-state index in [0.717, 1.165) is 26.2 Å². The standard InChI is InChI=1S/C9H21N3/c1-3-11(4-2)9-6-5-7-12(10)8-9/h9H,3-8,10H2,1-2H3/t9-/m1/s1. The Kier molecular flexibility index (Phi) is 3.98. The zero-order valence-electron chi connectivity index (χ0n) is 8.29. The van der Waals surface area contributed by atoms with E-state index in [0.29, 0.717) is 6.04 Å². The number of piperidine rings is 1. The first-order valence-electron chi connectivity index (χ1n) is 5.01. The van der Waals surface area contributed by atoms with Gasteiger partial charge in [0, 0.05) is 19.1 Å². The van der Waals surface area contributed by atoms with E-state index in [1.165, 1.54) is 12.8 Å². The van der Waals surface area contributed by atoms with E-state index in [9.17, 15) is 0 Å². The second-order valence-corrected chi connectivity index (χ2v) is 3.51. The topological polar surface area (TPSA) is 32.5 Å². The average molecular weight is 171 g/mol. The summed E-state index contributed by atoms with van der Waals surface area (Å²) in [5, 5.41) is 1.95. The van der Waals surface area contributed by atoms with Gasteiger partial charge in [-0.25, -0.2) is 5.01 Å². The summed E-state index contributed by atoms with van der Waals surface area (Å²) in [6, 6.07) is 0.693. The van der Waals surface area contributed by atoms with Gasteiger partial charge in [0.15, 0.2) is 0 Å². The number of hydrazine groups is 1. The van der Waals surface area contributed by atoms with Crippen molar-refractivity contribution < 1.29 is 0 Å². The Morgan fingerprint density at radius 2 is 2.08 bits per heavy atom. The molecule has 1 fully saturated rings. The normalized spacial score (nSPS) is 26.5. The molecular weight excluding hydrogens is 150 g/mol. The summed E-state index contributed by atoms with van der Waals surface area (Å²) in [6.45, 7) is 8.85. The highest BCUT2D eigenvalue weighted by molar-refractivity contribution is 4.77. The highest BCUT2D eigenvalue weighted by Crippen LogP contribution is 2.12. The molecule has 3 heteroatoms. The van der Waals surface area contributed by atoms with Crippen molar-refractivity contribution in [3.05, 3.63) is 0 Å². The van der Waals surface area contributed by atoms with Gasteiger partial charge >= 0.3 is 0 Å². The van der Waals surface area contributed by atoms with Crippen molar-refractivity contribution in [3.8, 4) is 0 Å². The largest absolute Gasteiger partial charge is 0.300 e. The summed E-state index contributed by atoms with van der Waals surface area (Å²) in [4.78, 5) is 2.50. The smallest absolute Gasteiger partial charge is 0.0284 e. The van der Waals surface area contributed by atoms with Gasteiger partial charge in [-0.3, -0.25) is 10.7 Å². The third-order valence-corrected chi connectivity index (χ3v) is 2.76. The molecule has 0 saturated carbocycles. The SMILES string of the molecule is CCN(CC)[C@@H]1CCCN(N)C1. The monoisotopic (exact) mass is 171 g/mol. The van der Waals surface area contributed by atoms with Crippen LogP contribution in [0.3, 0.4) is 0 Å². The molecule has 1 heterocycles. The van der Waals surface area contributed by atoms with E-state index >= 15 is 0 Å². The van der Waals surface area contributed by atoms with Crippen molar-refractivity contribution in [1.82, 2.24) is 9.91 Å². The number of hydrogen-bond donors (Lipinski definition) is 1. The lowest BCUT2D eigenvalue weighted by Gasteiger charge is -2.36. The van der Waals surface area contributed by atoms with Crippen molar-refractivity contribution in [3.63, 3.8) is 0 Å². The van der Waals surface area contributed by atoms with E-state index in [-0.39, 0.29) is 0 Å². The third kappa shape index (κ3) is 2.44. The van der Waals surface area contributed by atoms with Gasteiger partial charge in [0.25, 0.3) is 0 Å². The number of nitrogens with two attached hydrogens (primary N) is 1. The van der Waals surface area contributed by atoms with Crippen LogP contribution in [0.2, 0.25) is 0 Å². The molecule has 1 aliphatic heterocycles. The molecule has 2 N–H and O–H groups in total. The maximum atomic E-state index is 5.78. The van der Waals surface area contributed by atoms with Crippen LogP contribution in [-0.4, -0.2) is 42.1 Å². The molecule has 72 valence electrons. The zero-order valence-corrected chi connectivity index (χ0v) is 8.29. The van der Waals surface area contributed by atoms with Crippen LogP contribution in [0.5, 0.6) is 0 Å². The van der Waals surface area contributed by atoms with Crippen LogP contribution >= 0.6 is 0 Å². The van der Waals surface area contributed by atoms with Crippen molar-refractivity contribution in [2.75, 3.05) is 26.2 Å². The molecule has 1 saturated heterocycles. The Morgan fingerprint density at radius 3 is 2.58 bits per heavy atom. The minimum absolute atomic E-state index is 0.693. The molecule has 0 bridgehead atoms. The molecular formula is C9H21N3. The van der Waals surface area contributed by atoms with Crippen LogP contribution in [0.25, 0.3) is 0 Å². The van der Waals surface area contributed by atoms with Gasteiger partial charge in [-0.05, 0) is 25.9 Å². The van der Waals surface area contributed by atoms with Crippen LogP contribution in [0, 0.1) is 0 Å². The summed E-state index contributed by atoms with van der Waals surface area (Å²) >= 11 is 0. The molecule has 0 aromatic carbocycles. The Bertz CT molecular complexity index is 123. The van der Waals surface area contributed by atoms with E-state index in [1.807, 2.05) is 5.01 Å². The molecule has 0 aliphatic carbocycles. The molecule has 1 atom stereocenters. The van der Waals surface area contributed by atoms with Crippen molar-refractivity contribution in [2.45, 2.75) is 32.7 Å². The van der Waals surface area contributed by atoms with Gasteiger partial charge in [0.1, 0.15) is 0 Å². The Balaban J connectivity index is 2.38. The predicted octanol–water partition coefficient (Wildman–Crippen LogP) is 0.666. The molecule has 1 rings (SSSR count). The van der Waals surface area contributed by atoms with Crippen molar-refractivity contribution in [1.29, 1.82) is 0 Å². The Labute approximate surface area is 75.5 Å². The lowest BCUT2D eigenvalue weighted by Crippen LogP contribution is -2.50. The zero-order chi connectivity index (χ0) is 8.97. The lowest BCUT2D eigenvalue weighted by atomic mass is 10.1. The van der Waals surface area contributed by atoms with Gasteiger partial charge in [-0.15, -0.1) is 0 Å². The highest BCUT2D eigenvalue weighted by atomic mass is 15.4. The van der Waals surface area contributed by atoms with Crippen LogP contribution in [0.15, 0.2) is 0 Å². The Hall–Kier alpha value is -0.120. The lowest BCUT2D eigenvalue weighted by molar-refractivity contribution is 0.106. The van der Waals surface area contributed by atoms with Gasteiger partial charge in [0.05, 0.1) is 0 Å². The first-order chi connectivity index (χ1) is 5.77. The summed E-state index contributed by atoms with van der Waals surface area (Å²) in [5.74, 6) is 5.78. The average Bonchev–Trinajstić information content (AvgIpc) is 2.07. The molecule has 0 spiro atoms. The molecule has 0 aromatic rings. The minimum atomic E-state index is 0.693. The van der Waals surface area contributed by atoms with E-state index in [2.05, 4.69) is 18.7 Å². The van der Waals surface area contributed by atoms with Crippen LogP contribution < -0.4 is 5.84 Å². The summed E-state index contributed by atoms with van der Waals surface area (Å²) in [7, 11) is 0. The minimum Gasteiger partial charge on any atom is -0.300 e. The van der Waals surface area contributed by atoms with Crippen molar-refractivity contribution in [2.24, 2.45) is 5.84 Å². The molecule has 3 nitrogen and oxygen atoms in total. The van der Waals surface area contributed by atoms with Gasteiger partial charge < -0.3 is 0 Å². The quantitative estimate of drug-likeness (QED) is 0.633. The first-order valence-corrected chi connectivity index (χ1v) is 5.01. The fourth-order valence-corrected chi connectivity index (χ4v) is 2.02. The predicted molar refractivity (Wildman–Crippen MR) is 51.7 cm³/mol. The first kappa shape index (κ1) is 9.96. The molecule has 0 radical (unpaired) electrons. The number of nitrogens with zero attached hydrogens (tertiary/aromatic N) is 2. The number of likely N-dealkylation sites (N-methyl/N-ethyl adjacent to an activating group) is 1. The maximum Gasteiger partial charge on any atom is 0.0284 e. The molecule has 0 aromatic heterocycles. The van der Waals surface area contributed by atoms with Crippen molar-refractivity contribution >= 4 is 0 Å². The fraction of sp³-hybridized carbons (Fsp3) is 1.00. The van der Waals surface area contributed by atoms with Gasteiger partial charge in [-0.2, -0.15) is 0 Å². The van der Waals surface area contributed by atoms with Gasteiger partial charge in [-0.1, -0.05) is 13.8 Å². The Morgan fingerprint density at radius 1 is 1.42 bits per heavy atom. The van der Waals surface area contributed by atoms with E-state index in [4.69, 9.17) is 5.84 Å². The maximum absolute atomic E-state index is 5.78. The third-order valence-electron chi connectivity index (χ3n) is 2.76.